The van der Waals surface area contributed by atoms with Crippen LogP contribution < -0.4 is 0 Å². The Labute approximate surface area is 145 Å². The van der Waals surface area contributed by atoms with Crippen LogP contribution in [0.4, 0.5) is 17.7 Å². The zero-order valence-electron chi connectivity index (χ0n) is 14.5. The van der Waals surface area contributed by atoms with E-state index in [9.17, 15) is 17.7 Å². The van der Waals surface area contributed by atoms with Gasteiger partial charge in [-0.2, -0.15) is 5.26 Å². The van der Waals surface area contributed by atoms with E-state index >= 15 is 0 Å². The lowest BCUT2D eigenvalue weighted by molar-refractivity contribution is 0.0287. The number of ether oxygens (including phenoxy) is 1. The molecule has 136 valence electrons. The lowest BCUT2D eigenvalue weighted by atomic mass is 9.73. The maximum atomic E-state index is 13.0. The maximum Gasteiger partial charge on any atom is 0.478 e. The Morgan fingerprint density at radius 3 is 2.36 bits per heavy atom. The van der Waals surface area contributed by atoms with Gasteiger partial charge in [-0.25, -0.2) is 4.79 Å². The smallest absolute Gasteiger partial charge is 0.449 e. The number of carbonyl (C=O) groups is 1. The Kier molecular flexibility index (Phi) is 5.35. The van der Waals surface area contributed by atoms with Crippen molar-refractivity contribution in [1.82, 2.24) is 4.90 Å². The second kappa shape index (κ2) is 6.99. The van der Waals surface area contributed by atoms with Gasteiger partial charge in [-0.05, 0) is 44.4 Å². The first-order chi connectivity index (χ1) is 11.5. The number of hydrogen-bond acceptors (Lipinski definition) is 3. The van der Waals surface area contributed by atoms with Crippen molar-refractivity contribution in [2.24, 2.45) is 5.92 Å². The van der Waals surface area contributed by atoms with Crippen molar-refractivity contribution < 1.29 is 22.5 Å². The van der Waals surface area contributed by atoms with Crippen LogP contribution in [-0.4, -0.2) is 36.7 Å². The van der Waals surface area contributed by atoms with E-state index in [1.54, 1.807) is 45.0 Å². The molecule has 2 atom stereocenters. The van der Waals surface area contributed by atoms with Gasteiger partial charge < -0.3 is 22.6 Å². The van der Waals surface area contributed by atoms with Gasteiger partial charge in [-0.3, -0.25) is 0 Å². The molecule has 1 aliphatic rings. The fourth-order valence-electron chi connectivity index (χ4n) is 3.11. The summed E-state index contributed by atoms with van der Waals surface area (Å²) in [5.41, 5.74) is 0.449. The highest BCUT2D eigenvalue weighted by atomic mass is 19.4. The van der Waals surface area contributed by atoms with E-state index in [0.717, 1.165) is 0 Å². The predicted octanol–water partition coefficient (Wildman–Crippen LogP) is 4.36. The highest BCUT2D eigenvalue weighted by Gasteiger charge is 2.41. The molecule has 0 saturated carbocycles. The number of amides is 1. The van der Waals surface area contributed by atoms with Crippen LogP contribution in [0.3, 0.4) is 0 Å². The van der Waals surface area contributed by atoms with Crippen LogP contribution in [0.15, 0.2) is 24.3 Å². The number of rotatable bonds is 3. The molecule has 1 amide bonds. The molecule has 0 aliphatic carbocycles. The molecule has 0 bridgehead atoms. The van der Waals surface area contributed by atoms with Crippen LogP contribution in [-0.2, 0) is 4.74 Å². The monoisotopic (exact) mass is 353 g/mol. The van der Waals surface area contributed by atoms with E-state index in [1.807, 2.05) is 6.07 Å². The summed E-state index contributed by atoms with van der Waals surface area (Å²) in [6.45, 7) is 0.387. The molecule has 0 radical (unpaired) electrons. The van der Waals surface area contributed by atoms with Crippen LogP contribution >= 0.6 is 0 Å². The molecule has 1 unspecified atom stereocenters. The van der Waals surface area contributed by atoms with Crippen molar-refractivity contribution in [3.05, 3.63) is 35.4 Å². The summed E-state index contributed by atoms with van der Waals surface area (Å²) >= 11 is 0. The second-order valence-electron chi connectivity index (χ2n) is 7.43. The minimum atomic E-state index is -4.96. The molecule has 1 saturated heterocycles. The van der Waals surface area contributed by atoms with Crippen LogP contribution in [0.25, 0.3) is 0 Å². The highest BCUT2D eigenvalue weighted by molar-refractivity contribution is 6.58. The van der Waals surface area contributed by atoms with Gasteiger partial charge in [0.25, 0.3) is 0 Å². The largest absolute Gasteiger partial charge is 0.478 e. The van der Waals surface area contributed by atoms with Gasteiger partial charge in [0.2, 0.25) is 0 Å². The summed E-state index contributed by atoms with van der Waals surface area (Å²) in [6, 6.07) is 8.48. The van der Waals surface area contributed by atoms with E-state index in [-0.39, 0.29) is 13.1 Å². The van der Waals surface area contributed by atoms with Gasteiger partial charge in [0.1, 0.15) is 5.60 Å². The van der Waals surface area contributed by atoms with Crippen molar-refractivity contribution >= 4 is 13.1 Å². The molecule has 1 aromatic carbocycles. The summed E-state index contributed by atoms with van der Waals surface area (Å²) in [4.78, 5) is 13.6. The van der Waals surface area contributed by atoms with Crippen LogP contribution in [0, 0.1) is 17.2 Å². The maximum absolute atomic E-state index is 13.0. The lowest BCUT2D eigenvalue weighted by Gasteiger charge is -2.25. The van der Waals surface area contributed by atoms with Gasteiger partial charge in [-0.15, -0.1) is 0 Å². The van der Waals surface area contributed by atoms with E-state index in [0.29, 0.717) is 11.1 Å². The number of halogens is 3. The summed E-state index contributed by atoms with van der Waals surface area (Å²) < 4.78 is 44.3. The highest BCUT2D eigenvalue weighted by Crippen LogP contribution is 2.39. The molecule has 4 nitrogen and oxygen atoms in total. The molecule has 8 heteroatoms. The number of benzene rings is 1. The topological polar surface area (TPSA) is 53.3 Å². The third kappa shape index (κ3) is 5.41. The third-order valence-electron chi connectivity index (χ3n) is 4.13. The minimum absolute atomic E-state index is 0.0147. The van der Waals surface area contributed by atoms with E-state index < -0.39 is 36.8 Å². The predicted molar refractivity (Wildman–Crippen MR) is 89.1 cm³/mol. The average Bonchev–Trinajstić information content (AvgIpc) is 2.87. The Morgan fingerprint density at radius 2 is 1.88 bits per heavy atom. The SMILES string of the molecule is CC(C)(C)OC(=O)N1CC(c2ccc(C#N)cc2)[C@H](C[B-](F)(F)F)C1. The number of carbonyl (C=O) groups excluding carboxylic acids is 1. The average molecular weight is 353 g/mol. The van der Waals surface area contributed by atoms with Crippen molar-refractivity contribution in [2.45, 2.75) is 38.6 Å². The van der Waals surface area contributed by atoms with Gasteiger partial charge in [0.05, 0.1) is 11.6 Å². The third-order valence-corrected chi connectivity index (χ3v) is 4.13. The second-order valence-corrected chi connectivity index (χ2v) is 7.43. The van der Waals surface area contributed by atoms with E-state index in [2.05, 4.69) is 0 Å². The lowest BCUT2D eigenvalue weighted by Crippen LogP contribution is -2.35. The first kappa shape index (κ1) is 19.2. The number of likely N-dealkylation sites (tertiary alicyclic amines) is 1. The summed E-state index contributed by atoms with van der Waals surface area (Å²) in [5, 5.41) is 8.86. The van der Waals surface area contributed by atoms with Gasteiger partial charge in [0, 0.05) is 19.0 Å². The first-order valence-corrected chi connectivity index (χ1v) is 8.17. The molecule has 0 N–H and O–H groups in total. The van der Waals surface area contributed by atoms with Crippen LogP contribution in [0.1, 0.15) is 37.8 Å². The molecular formula is C17H21BF3N2O2-. The standard InChI is InChI=1S/C17H21BF3N2O2/c1-17(2,3)25-16(24)23-10-14(8-18(19,20)21)15(11-23)13-6-4-12(9-22)5-7-13/h4-7,14-15H,8,10-11H2,1-3H3/q-1/t14-,15?/m1/s1. The van der Waals surface area contributed by atoms with Gasteiger partial charge in [-0.1, -0.05) is 18.5 Å². The molecular weight excluding hydrogens is 332 g/mol. The molecule has 1 aliphatic heterocycles. The zero-order chi connectivity index (χ0) is 18.8. The number of nitrogens with zero attached hydrogens (tertiary/aromatic N) is 2. The first-order valence-electron chi connectivity index (χ1n) is 8.17. The van der Waals surface area contributed by atoms with Crippen molar-refractivity contribution in [2.75, 3.05) is 13.1 Å². The summed E-state index contributed by atoms with van der Waals surface area (Å²) in [7, 11) is 0. The van der Waals surface area contributed by atoms with Crippen molar-refractivity contribution in [3.63, 3.8) is 0 Å². The summed E-state index contributed by atoms with van der Waals surface area (Å²) in [6.07, 6.45) is -1.49. The van der Waals surface area contributed by atoms with Crippen LogP contribution in [0.2, 0.25) is 6.32 Å². The molecule has 1 fully saturated rings. The quantitative estimate of drug-likeness (QED) is 0.759. The molecule has 2 rings (SSSR count). The fourth-order valence-corrected chi connectivity index (χ4v) is 3.11. The number of nitriles is 1. The molecule has 25 heavy (non-hydrogen) atoms. The van der Waals surface area contributed by atoms with Crippen LogP contribution in [0.5, 0.6) is 0 Å². The molecule has 1 aromatic rings. The normalized spacial score (nSPS) is 21.1. The molecule has 0 aromatic heterocycles. The molecule has 1 heterocycles. The number of hydrogen-bond donors (Lipinski definition) is 0. The zero-order valence-corrected chi connectivity index (χ0v) is 14.5. The Balaban J connectivity index is 2.21. The Morgan fingerprint density at radius 1 is 1.28 bits per heavy atom. The molecule has 0 spiro atoms. The van der Waals surface area contributed by atoms with Crippen molar-refractivity contribution in [1.29, 1.82) is 5.26 Å². The fraction of sp³-hybridized carbons (Fsp3) is 0.529. The Bertz CT molecular complexity index is 662. The minimum Gasteiger partial charge on any atom is -0.449 e. The van der Waals surface area contributed by atoms with Gasteiger partial charge >= 0.3 is 13.1 Å². The van der Waals surface area contributed by atoms with E-state index in [1.165, 1.54) is 4.90 Å². The summed E-state index contributed by atoms with van der Waals surface area (Å²) in [5.74, 6) is -1.13. The Hall–Kier alpha value is -2.17. The van der Waals surface area contributed by atoms with Crippen molar-refractivity contribution in [3.8, 4) is 6.07 Å². The van der Waals surface area contributed by atoms with E-state index in [4.69, 9.17) is 10.00 Å². The van der Waals surface area contributed by atoms with Gasteiger partial charge in [0.15, 0.2) is 0 Å².